The highest BCUT2D eigenvalue weighted by Gasteiger charge is 2.14. The van der Waals surface area contributed by atoms with Crippen LogP contribution in [0.3, 0.4) is 0 Å². The quantitative estimate of drug-likeness (QED) is 0.870. The topological polar surface area (TPSA) is 41.1 Å². The van der Waals surface area contributed by atoms with Crippen molar-refractivity contribution in [3.63, 3.8) is 0 Å². The normalized spacial score (nSPS) is 10.6. The molecule has 0 saturated heterocycles. The molecule has 16 heavy (non-hydrogen) atoms. The van der Waals surface area contributed by atoms with Crippen LogP contribution in [0.5, 0.6) is 0 Å². The molecule has 1 rings (SSSR count). The molecule has 0 unspecified atom stereocenters. The second kappa shape index (κ2) is 5.79. The van der Waals surface area contributed by atoms with Crippen LogP contribution in [0.2, 0.25) is 5.02 Å². The first-order valence-corrected chi connectivity index (χ1v) is 5.18. The van der Waals surface area contributed by atoms with Gasteiger partial charge >= 0.3 is 0 Å². The van der Waals surface area contributed by atoms with Crippen molar-refractivity contribution in [1.29, 1.82) is 0 Å². The first-order valence-electron chi connectivity index (χ1n) is 4.80. The molecule has 1 aromatic heterocycles. The number of nitrogens with zero attached hydrogens (tertiary/aromatic N) is 3. The van der Waals surface area contributed by atoms with Crippen LogP contribution >= 0.6 is 11.6 Å². The summed E-state index contributed by atoms with van der Waals surface area (Å²) in [4.78, 5) is 9.28. The summed E-state index contributed by atoms with van der Waals surface area (Å²) in [7, 11) is 1.51. The van der Waals surface area contributed by atoms with E-state index in [1.165, 1.54) is 18.1 Å². The predicted octanol–water partition coefficient (Wildman–Crippen LogP) is 2.26. The summed E-state index contributed by atoms with van der Waals surface area (Å²) in [5.74, 6) is 0.677. The number of nitrogens with one attached hydrogen (secondary N) is 1. The van der Waals surface area contributed by atoms with Crippen LogP contribution in [0.25, 0.3) is 0 Å². The molecule has 0 aliphatic carbocycles. The molecule has 0 aliphatic rings. The van der Waals surface area contributed by atoms with E-state index in [1.807, 2.05) is 6.92 Å². The Morgan fingerprint density at radius 3 is 2.81 bits per heavy atom. The third-order valence-corrected chi connectivity index (χ3v) is 2.10. The molecule has 1 aromatic rings. The van der Waals surface area contributed by atoms with Gasteiger partial charge in [-0.25, -0.2) is 13.8 Å². The fraction of sp³-hybridized carbons (Fsp3) is 0.556. The number of rotatable bonds is 5. The zero-order valence-electron chi connectivity index (χ0n) is 9.04. The largest absolute Gasteiger partial charge is 0.354 e. The van der Waals surface area contributed by atoms with Gasteiger partial charge in [0, 0.05) is 13.6 Å². The highest BCUT2D eigenvalue weighted by molar-refractivity contribution is 6.32. The van der Waals surface area contributed by atoms with Crippen molar-refractivity contribution in [1.82, 2.24) is 9.97 Å². The lowest BCUT2D eigenvalue weighted by molar-refractivity contribution is 0.156. The van der Waals surface area contributed by atoms with Crippen LogP contribution in [-0.2, 0) is 0 Å². The SMILES string of the molecule is CCNc1ncc(Cl)c(N(C)CC(F)F)n1. The van der Waals surface area contributed by atoms with Crippen LogP contribution in [0.4, 0.5) is 20.5 Å². The van der Waals surface area contributed by atoms with Gasteiger partial charge in [-0.1, -0.05) is 11.6 Å². The smallest absolute Gasteiger partial charge is 0.255 e. The van der Waals surface area contributed by atoms with Crippen molar-refractivity contribution in [2.75, 3.05) is 30.4 Å². The Hall–Kier alpha value is -1.17. The highest BCUT2D eigenvalue weighted by Crippen LogP contribution is 2.23. The minimum Gasteiger partial charge on any atom is -0.354 e. The van der Waals surface area contributed by atoms with Crippen molar-refractivity contribution in [3.8, 4) is 0 Å². The number of hydrogen-bond acceptors (Lipinski definition) is 4. The van der Waals surface area contributed by atoms with Gasteiger partial charge < -0.3 is 10.2 Å². The monoisotopic (exact) mass is 250 g/mol. The summed E-state index contributed by atoms with van der Waals surface area (Å²) >= 11 is 5.84. The molecule has 0 fully saturated rings. The fourth-order valence-electron chi connectivity index (χ4n) is 1.16. The van der Waals surface area contributed by atoms with E-state index in [2.05, 4.69) is 15.3 Å². The predicted molar refractivity (Wildman–Crippen MR) is 60.5 cm³/mol. The standard InChI is InChI=1S/C9H13ClF2N4/c1-3-13-9-14-4-6(10)8(15-9)16(2)5-7(11)12/h4,7H,3,5H2,1-2H3,(H,13,14,15). The molecule has 0 bridgehead atoms. The molecule has 4 nitrogen and oxygen atoms in total. The van der Waals surface area contributed by atoms with Gasteiger partial charge in [-0.05, 0) is 6.92 Å². The lowest BCUT2D eigenvalue weighted by atomic mass is 10.5. The maximum Gasteiger partial charge on any atom is 0.255 e. The summed E-state index contributed by atoms with van der Waals surface area (Å²) < 4.78 is 24.4. The Labute approximate surface area is 97.6 Å². The van der Waals surface area contributed by atoms with Crippen LogP contribution < -0.4 is 10.2 Å². The van der Waals surface area contributed by atoms with Crippen molar-refractivity contribution in [3.05, 3.63) is 11.2 Å². The lowest BCUT2D eigenvalue weighted by Gasteiger charge is -2.19. The summed E-state index contributed by atoms with van der Waals surface area (Å²) in [5, 5.41) is 3.14. The molecule has 0 saturated carbocycles. The fourth-order valence-corrected chi connectivity index (χ4v) is 1.40. The Morgan fingerprint density at radius 1 is 1.56 bits per heavy atom. The van der Waals surface area contributed by atoms with E-state index in [0.29, 0.717) is 18.3 Å². The molecule has 7 heteroatoms. The van der Waals surface area contributed by atoms with E-state index >= 15 is 0 Å². The zero-order valence-corrected chi connectivity index (χ0v) is 9.80. The number of aromatic nitrogens is 2. The molecule has 0 aromatic carbocycles. The minimum atomic E-state index is -2.43. The Balaban J connectivity index is 2.88. The Morgan fingerprint density at radius 2 is 2.25 bits per heavy atom. The number of alkyl halides is 2. The second-order valence-electron chi connectivity index (χ2n) is 3.17. The summed E-state index contributed by atoms with van der Waals surface area (Å²) in [6.07, 6.45) is -1.04. The van der Waals surface area contributed by atoms with Gasteiger partial charge in [0.15, 0.2) is 5.82 Å². The van der Waals surface area contributed by atoms with Crippen molar-refractivity contribution >= 4 is 23.4 Å². The molecule has 90 valence electrons. The minimum absolute atomic E-state index is 0.254. The molecule has 0 atom stereocenters. The van der Waals surface area contributed by atoms with Crippen LogP contribution in [0.15, 0.2) is 6.20 Å². The second-order valence-corrected chi connectivity index (χ2v) is 3.57. The molecule has 0 aliphatic heterocycles. The van der Waals surface area contributed by atoms with Gasteiger partial charge in [0.1, 0.15) is 5.02 Å². The van der Waals surface area contributed by atoms with Crippen molar-refractivity contribution in [2.45, 2.75) is 13.3 Å². The first-order chi connectivity index (χ1) is 7.54. The van der Waals surface area contributed by atoms with Crippen molar-refractivity contribution in [2.24, 2.45) is 0 Å². The molecule has 0 amide bonds. The average Bonchev–Trinajstić information content (AvgIpc) is 2.20. The molecule has 0 spiro atoms. The summed E-state index contributed by atoms with van der Waals surface area (Å²) in [6.45, 7) is 2.13. The van der Waals surface area contributed by atoms with Crippen LogP contribution in [0, 0.1) is 0 Å². The highest BCUT2D eigenvalue weighted by atomic mass is 35.5. The Kier molecular flexibility index (Phi) is 4.67. The maximum absolute atomic E-state index is 12.2. The number of anilines is 2. The maximum atomic E-state index is 12.2. The number of hydrogen-bond donors (Lipinski definition) is 1. The van der Waals surface area contributed by atoms with E-state index in [9.17, 15) is 8.78 Å². The van der Waals surface area contributed by atoms with E-state index in [4.69, 9.17) is 11.6 Å². The zero-order chi connectivity index (χ0) is 12.1. The van der Waals surface area contributed by atoms with Gasteiger partial charge in [0.25, 0.3) is 6.43 Å². The Bertz CT molecular complexity index is 348. The lowest BCUT2D eigenvalue weighted by Crippen LogP contribution is -2.25. The van der Waals surface area contributed by atoms with E-state index in [-0.39, 0.29) is 5.02 Å². The average molecular weight is 251 g/mol. The third-order valence-electron chi connectivity index (χ3n) is 1.83. The van der Waals surface area contributed by atoms with Crippen molar-refractivity contribution < 1.29 is 8.78 Å². The number of halogens is 3. The van der Waals surface area contributed by atoms with Gasteiger partial charge in [-0.3, -0.25) is 0 Å². The summed E-state index contributed by atoms with van der Waals surface area (Å²) in [5.41, 5.74) is 0. The molecular weight excluding hydrogens is 238 g/mol. The van der Waals surface area contributed by atoms with Gasteiger partial charge in [0.2, 0.25) is 5.95 Å². The van der Waals surface area contributed by atoms with E-state index < -0.39 is 13.0 Å². The molecule has 1 heterocycles. The van der Waals surface area contributed by atoms with Crippen LogP contribution in [-0.4, -0.2) is 36.5 Å². The van der Waals surface area contributed by atoms with Gasteiger partial charge in [-0.15, -0.1) is 0 Å². The summed E-state index contributed by atoms with van der Waals surface area (Å²) in [6, 6.07) is 0. The van der Waals surface area contributed by atoms with E-state index in [0.717, 1.165) is 0 Å². The first kappa shape index (κ1) is 12.9. The molecule has 1 N–H and O–H groups in total. The molecular formula is C9H13ClF2N4. The van der Waals surface area contributed by atoms with Gasteiger partial charge in [-0.2, -0.15) is 4.98 Å². The van der Waals surface area contributed by atoms with E-state index in [1.54, 1.807) is 0 Å². The third kappa shape index (κ3) is 3.44. The van der Waals surface area contributed by atoms with Crippen LogP contribution in [0.1, 0.15) is 6.92 Å². The van der Waals surface area contributed by atoms with Gasteiger partial charge in [0.05, 0.1) is 12.7 Å². The molecule has 0 radical (unpaired) electrons.